The van der Waals surface area contributed by atoms with Crippen molar-refractivity contribution in [3.05, 3.63) is 24.3 Å². The smallest absolute Gasteiger partial charge is 0.115 e. The van der Waals surface area contributed by atoms with E-state index in [1.165, 1.54) is 50.5 Å². The lowest BCUT2D eigenvalue weighted by molar-refractivity contribution is -0.0958. The van der Waals surface area contributed by atoms with Crippen LogP contribution in [0.1, 0.15) is 83.1 Å². The maximum Gasteiger partial charge on any atom is 0.115 e. The third kappa shape index (κ3) is 2.57. The minimum atomic E-state index is -0.400. The lowest BCUT2D eigenvalue weighted by atomic mass is 9.49. The minimum absolute atomic E-state index is 0.400. The van der Waals surface area contributed by atoms with Gasteiger partial charge >= 0.3 is 0 Å². The van der Waals surface area contributed by atoms with Crippen LogP contribution in [0.15, 0.2) is 18.7 Å². The van der Waals surface area contributed by atoms with Crippen LogP contribution >= 0.6 is 0 Å². The molecule has 1 heterocycles. The maximum atomic E-state index is 10.5. The Morgan fingerprint density at radius 2 is 1.65 bits per heavy atom. The zero-order valence-corrected chi connectivity index (χ0v) is 16.4. The summed E-state index contributed by atoms with van der Waals surface area (Å²) in [6.07, 6.45) is 17.4. The van der Waals surface area contributed by atoms with Gasteiger partial charge in [-0.25, -0.2) is 9.97 Å². The van der Waals surface area contributed by atoms with E-state index in [2.05, 4.69) is 36.2 Å². The Morgan fingerprint density at radius 1 is 0.885 bits per heavy atom. The molecule has 4 aliphatic carbocycles. The molecule has 3 heteroatoms. The Kier molecular flexibility index (Phi) is 3.97. The fourth-order valence-electron chi connectivity index (χ4n) is 8.12. The predicted molar refractivity (Wildman–Crippen MR) is 103 cm³/mol. The second-order valence-electron chi connectivity index (χ2n) is 10.5. The highest BCUT2D eigenvalue weighted by molar-refractivity contribution is 5.20. The van der Waals surface area contributed by atoms with Crippen molar-refractivity contribution in [2.75, 3.05) is 0 Å². The standard InChI is InChI=1S/C23H34N2O/c1-22(26)9-7-17-15(11-22)3-4-19-18(17)8-10-23(2)20(5-6-21(19)23)16-12-24-14-25-13-16/h12-15,17-21,26H,3-11H2,1-2H3/t15-,17+,18-,19-,20-,21+,22-,23-/m1/s1. The van der Waals surface area contributed by atoms with Gasteiger partial charge in [-0.05, 0) is 111 Å². The van der Waals surface area contributed by atoms with Crippen molar-refractivity contribution in [3.8, 4) is 0 Å². The third-order valence-electron chi connectivity index (χ3n) is 9.22. The van der Waals surface area contributed by atoms with E-state index in [0.29, 0.717) is 11.3 Å². The van der Waals surface area contributed by atoms with E-state index in [0.717, 1.165) is 42.4 Å². The molecule has 0 unspecified atom stereocenters. The van der Waals surface area contributed by atoms with Gasteiger partial charge in [-0.2, -0.15) is 0 Å². The van der Waals surface area contributed by atoms with Crippen LogP contribution in [-0.4, -0.2) is 20.7 Å². The van der Waals surface area contributed by atoms with Crippen molar-refractivity contribution in [1.29, 1.82) is 0 Å². The molecule has 0 amide bonds. The van der Waals surface area contributed by atoms with Gasteiger partial charge in [-0.3, -0.25) is 0 Å². The van der Waals surface area contributed by atoms with E-state index in [-0.39, 0.29) is 0 Å². The Morgan fingerprint density at radius 3 is 2.46 bits per heavy atom. The predicted octanol–water partition coefficient (Wildman–Crippen LogP) is 4.96. The minimum Gasteiger partial charge on any atom is -0.390 e. The molecule has 0 spiro atoms. The molecule has 4 aliphatic rings. The van der Waals surface area contributed by atoms with Gasteiger partial charge < -0.3 is 5.11 Å². The van der Waals surface area contributed by atoms with Crippen LogP contribution in [0.25, 0.3) is 0 Å². The lowest BCUT2D eigenvalue weighted by Crippen LogP contribution is -2.50. The van der Waals surface area contributed by atoms with Crippen LogP contribution in [0.2, 0.25) is 0 Å². The summed E-state index contributed by atoms with van der Waals surface area (Å²) in [7, 11) is 0. The molecule has 4 saturated carbocycles. The topological polar surface area (TPSA) is 46.0 Å². The molecule has 1 aromatic heterocycles. The van der Waals surface area contributed by atoms with E-state index >= 15 is 0 Å². The highest BCUT2D eigenvalue weighted by Crippen LogP contribution is 2.66. The Labute approximate surface area is 158 Å². The van der Waals surface area contributed by atoms with Crippen LogP contribution in [0, 0.1) is 35.0 Å². The van der Waals surface area contributed by atoms with E-state index in [1.807, 2.05) is 0 Å². The zero-order valence-electron chi connectivity index (χ0n) is 16.4. The van der Waals surface area contributed by atoms with Gasteiger partial charge in [-0.15, -0.1) is 0 Å². The van der Waals surface area contributed by atoms with Gasteiger partial charge in [0, 0.05) is 12.4 Å². The largest absolute Gasteiger partial charge is 0.390 e. The summed E-state index contributed by atoms with van der Waals surface area (Å²) in [5.41, 5.74) is 1.42. The lowest BCUT2D eigenvalue weighted by Gasteiger charge is -2.57. The molecule has 142 valence electrons. The first-order valence-corrected chi connectivity index (χ1v) is 11.0. The molecular weight excluding hydrogens is 320 g/mol. The van der Waals surface area contributed by atoms with Gasteiger partial charge in [0.05, 0.1) is 5.60 Å². The molecule has 0 saturated heterocycles. The molecule has 4 fully saturated rings. The monoisotopic (exact) mass is 354 g/mol. The first kappa shape index (κ1) is 17.2. The molecule has 0 aromatic carbocycles. The van der Waals surface area contributed by atoms with Gasteiger partial charge in [0.15, 0.2) is 0 Å². The molecule has 1 aromatic rings. The quantitative estimate of drug-likeness (QED) is 0.775. The van der Waals surface area contributed by atoms with E-state index < -0.39 is 5.60 Å². The Bertz CT molecular complexity index is 659. The van der Waals surface area contributed by atoms with Crippen LogP contribution in [0.4, 0.5) is 0 Å². The van der Waals surface area contributed by atoms with Crippen molar-refractivity contribution in [2.24, 2.45) is 35.0 Å². The van der Waals surface area contributed by atoms with Crippen LogP contribution in [-0.2, 0) is 0 Å². The third-order valence-corrected chi connectivity index (χ3v) is 9.22. The molecule has 8 atom stereocenters. The van der Waals surface area contributed by atoms with E-state index in [4.69, 9.17) is 0 Å². The number of aromatic nitrogens is 2. The van der Waals surface area contributed by atoms with Crippen LogP contribution in [0.3, 0.4) is 0 Å². The van der Waals surface area contributed by atoms with Gasteiger partial charge in [0.25, 0.3) is 0 Å². The summed E-state index contributed by atoms with van der Waals surface area (Å²) in [4.78, 5) is 8.62. The van der Waals surface area contributed by atoms with E-state index in [1.54, 1.807) is 6.33 Å². The van der Waals surface area contributed by atoms with Crippen molar-refractivity contribution >= 4 is 0 Å². The molecule has 3 nitrogen and oxygen atoms in total. The number of rotatable bonds is 1. The van der Waals surface area contributed by atoms with Crippen LogP contribution in [0.5, 0.6) is 0 Å². The van der Waals surface area contributed by atoms with Crippen molar-refractivity contribution in [1.82, 2.24) is 9.97 Å². The summed E-state index contributed by atoms with van der Waals surface area (Å²) < 4.78 is 0. The van der Waals surface area contributed by atoms with Crippen molar-refractivity contribution in [3.63, 3.8) is 0 Å². The number of fused-ring (bicyclic) bond motifs is 5. The zero-order chi connectivity index (χ0) is 17.9. The molecule has 1 N–H and O–H groups in total. The highest BCUT2D eigenvalue weighted by atomic mass is 16.3. The highest BCUT2D eigenvalue weighted by Gasteiger charge is 2.57. The summed E-state index contributed by atoms with van der Waals surface area (Å²) in [5.74, 6) is 5.05. The summed E-state index contributed by atoms with van der Waals surface area (Å²) in [5, 5.41) is 10.5. The van der Waals surface area contributed by atoms with Crippen molar-refractivity contribution in [2.45, 2.75) is 83.2 Å². The molecule has 0 radical (unpaired) electrons. The second-order valence-corrected chi connectivity index (χ2v) is 10.5. The summed E-state index contributed by atoms with van der Waals surface area (Å²) >= 11 is 0. The summed E-state index contributed by atoms with van der Waals surface area (Å²) in [6, 6.07) is 0. The number of aliphatic hydroxyl groups is 1. The van der Waals surface area contributed by atoms with Crippen LogP contribution < -0.4 is 0 Å². The van der Waals surface area contributed by atoms with Crippen molar-refractivity contribution < 1.29 is 5.11 Å². The maximum absolute atomic E-state index is 10.5. The first-order valence-electron chi connectivity index (χ1n) is 11.0. The Balaban J connectivity index is 1.39. The molecular formula is C23H34N2O. The number of hydrogen-bond donors (Lipinski definition) is 1. The molecule has 5 rings (SSSR count). The summed E-state index contributed by atoms with van der Waals surface area (Å²) in [6.45, 7) is 4.65. The number of hydrogen-bond acceptors (Lipinski definition) is 3. The molecule has 26 heavy (non-hydrogen) atoms. The average Bonchev–Trinajstić information content (AvgIpc) is 2.98. The fourth-order valence-corrected chi connectivity index (χ4v) is 8.12. The fraction of sp³-hybridized carbons (Fsp3) is 0.826. The molecule has 0 aliphatic heterocycles. The van der Waals surface area contributed by atoms with E-state index in [9.17, 15) is 5.11 Å². The van der Waals surface area contributed by atoms with Gasteiger partial charge in [0.1, 0.15) is 6.33 Å². The second kappa shape index (κ2) is 6.02. The Hall–Kier alpha value is -0.960. The first-order chi connectivity index (χ1) is 12.5. The van der Waals surface area contributed by atoms with Gasteiger partial charge in [0.2, 0.25) is 0 Å². The number of nitrogens with zero attached hydrogens (tertiary/aromatic N) is 2. The SMILES string of the molecule is C[C@@]1(O)CC[C@H]2[C@H](CC[C@@H]3[C@@H]2CC[C@]2(C)[C@@H](c4cncnc4)CC[C@@H]32)C1. The molecule has 0 bridgehead atoms. The normalized spacial score (nSPS) is 50.6. The average molecular weight is 355 g/mol. The van der Waals surface area contributed by atoms with Gasteiger partial charge in [-0.1, -0.05) is 6.92 Å².